The molecule has 0 saturated heterocycles. The number of hydrogen-bond donors (Lipinski definition) is 1. The summed E-state index contributed by atoms with van der Waals surface area (Å²) in [6.45, 7) is -0.352. The van der Waals surface area contributed by atoms with Crippen molar-refractivity contribution in [1.29, 1.82) is 0 Å². The Labute approximate surface area is 74.2 Å². The molecule has 13 heavy (non-hydrogen) atoms. The van der Waals surface area contributed by atoms with Crippen LogP contribution in [0.15, 0.2) is 12.2 Å². The molecule has 0 heterocycles. The summed E-state index contributed by atoms with van der Waals surface area (Å²) in [5.41, 5.74) is 0. The molecular formula is C9H11F3O. The summed E-state index contributed by atoms with van der Waals surface area (Å²) in [4.78, 5) is 0. The Bertz CT molecular complexity index is 234. The molecule has 2 aliphatic carbocycles. The van der Waals surface area contributed by atoms with Crippen LogP contribution in [0.5, 0.6) is 0 Å². The largest absolute Gasteiger partial charge is 0.396 e. The van der Waals surface area contributed by atoms with Gasteiger partial charge in [-0.2, -0.15) is 13.2 Å². The zero-order valence-electron chi connectivity index (χ0n) is 6.96. The molecule has 0 unspecified atom stereocenters. The molecule has 1 nitrogen and oxygen atoms in total. The maximum absolute atomic E-state index is 12.5. The first-order chi connectivity index (χ1) is 6.04. The number of halogens is 3. The highest BCUT2D eigenvalue weighted by Gasteiger charge is 2.56. The summed E-state index contributed by atoms with van der Waals surface area (Å²) in [6, 6.07) is 0. The summed E-state index contributed by atoms with van der Waals surface area (Å²) in [5.74, 6) is -2.36. The van der Waals surface area contributed by atoms with Gasteiger partial charge in [-0.1, -0.05) is 12.2 Å². The van der Waals surface area contributed by atoms with Crippen LogP contribution in [-0.4, -0.2) is 17.9 Å². The van der Waals surface area contributed by atoms with E-state index < -0.39 is 18.0 Å². The number of aliphatic hydroxyl groups excluding tert-OH is 1. The highest BCUT2D eigenvalue weighted by molar-refractivity contribution is 5.14. The highest BCUT2D eigenvalue weighted by Crippen LogP contribution is 2.53. The second kappa shape index (κ2) is 2.74. The first-order valence-corrected chi connectivity index (χ1v) is 4.40. The highest BCUT2D eigenvalue weighted by atomic mass is 19.4. The van der Waals surface area contributed by atoms with Crippen molar-refractivity contribution in [2.24, 2.45) is 23.7 Å². The monoisotopic (exact) mass is 192 g/mol. The van der Waals surface area contributed by atoms with Crippen LogP contribution in [0, 0.1) is 23.7 Å². The third-order valence-electron chi connectivity index (χ3n) is 3.21. The molecule has 0 aromatic rings. The summed E-state index contributed by atoms with van der Waals surface area (Å²) in [6.07, 6.45) is -0.129. The van der Waals surface area contributed by atoms with Gasteiger partial charge in [0.15, 0.2) is 0 Å². The lowest BCUT2D eigenvalue weighted by Gasteiger charge is -2.28. The van der Waals surface area contributed by atoms with Crippen LogP contribution in [0.4, 0.5) is 13.2 Å². The number of fused-ring (bicyclic) bond motifs is 2. The number of rotatable bonds is 1. The van der Waals surface area contributed by atoms with Gasteiger partial charge in [-0.3, -0.25) is 0 Å². The van der Waals surface area contributed by atoms with Crippen molar-refractivity contribution >= 4 is 0 Å². The third-order valence-corrected chi connectivity index (χ3v) is 3.21. The average molecular weight is 192 g/mol. The normalized spacial score (nSPS) is 43.1. The van der Waals surface area contributed by atoms with Crippen molar-refractivity contribution in [3.63, 3.8) is 0 Å². The van der Waals surface area contributed by atoms with Crippen molar-refractivity contribution in [3.05, 3.63) is 12.2 Å². The molecule has 1 fully saturated rings. The second-order valence-corrected chi connectivity index (χ2v) is 3.86. The lowest BCUT2D eigenvalue weighted by molar-refractivity contribution is -0.196. The molecule has 2 bridgehead atoms. The SMILES string of the molecule is OC[C@@H]1[C@H](C(F)(F)F)[C@H]2C=C[C@H]1C2. The fourth-order valence-corrected chi connectivity index (χ4v) is 2.66. The summed E-state index contributed by atoms with van der Waals surface area (Å²) in [7, 11) is 0. The first kappa shape index (κ1) is 9.06. The molecule has 0 aliphatic heterocycles. The van der Waals surface area contributed by atoms with Crippen LogP contribution >= 0.6 is 0 Å². The molecule has 2 rings (SSSR count). The predicted octanol–water partition coefficient (Wildman–Crippen LogP) is 1.98. The van der Waals surface area contributed by atoms with Gasteiger partial charge in [0.05, 0.1) is 5.92 Å². The van der Waals surface area contributed by atoms with E-state index in [1.54, 1.807) is 6.08 Å². The molecule has 74 valence electrons. The minimum absolute atomic E-state index is 0.0541. The van der Waals surface area contributed by atoms with Gasteiger partial charge in [-0.25, -0.2) is 0 Å². The molecule has 1 saturated carbocycles. The van der Waals surface area contributed by atoms with E-state index in [-0.39, 0.29) is 18.4 Å². The standard InChI is InChI=1S/C9H11F3O/c10-9(11,12)8-6-2-1-5(3-6)7(8)4-13/h1-2,5-8,13H,3-4H2/t5-,6-,7-,8+/m0/s1. The van der Waals surface area contributed by atoms with Crippen molar-refractivity contribution in [3.8, 4) is 0 Å². The molecule has 2 aliphatic rings. The second-order valence-electron chi connectivity index (χ2n) is 3.86. The molecular weight excluding hydrogens is 181 g/mol. The maximum atomic E-state index is 12.5. The van der Waals surface area contributed by atoms with E-state index in [4.69, 9.17) is 5.11 Å². The van der Waals surface area contributed by atoms with Crippen molar-refractivity contribution in [2.75, 3.05) is 6.61 Å². The van der Waals surface area contributed by atoms with Crippen molar-refractivity contribution in [2.45, 2.75) is 12.6 Å². The van der Waals surface area contributed by atoms with Gasteiger partial charge >= 0.3 is 6.18 Å². The molecule has 0 spiro atoms. The van der Waals surface area contributed by atoms with Gasteiger partial charge < -0.3 is 5.11 Å². The van der Waals surface area contributed by atoms with E-state index in [0.29, 0.717) is 6.42 Å². The Balaban J connectivity index is 2.23. The Morgan fingerprint density at radius 2 is 1.85 bits per heavy atom. The lowest BCUT2D eigenvalue weighted by atomic mass is 9.83. The van der Waals surface area contributed by atoms with Gasteiger partial charge in [0.1, 0.15) is 0 Å². The number of aliphatic hydroxyl groups is 1. The van der Waals surface area contributed by atoms with Crippen molar-refractivity contribution in [1.82, 2.24) is 0 Å². The zero-order chi connectivity index (χ0) is 9.64. The molecule has 0 radical (unpaired) electrons. The first-order valence-electron chi connectivity index (χ1n) is 4.40. The predicted molar refractivity (Wildman–Crippen MR) is 40.9 cm³/mol. The maximum Gasteiger partial charge on any atom is 0.392 e. The fourth-order valence-electron chi connectivity index (χ4n) is 2.66. The Kier molecular flexibility index (Phi) is 1.91. The Morgan fingerprint density at radius 1 is 1.23 bits per heavy atom. The Morgan fingerprint density at radius 3 is 2.31 bits per heavy atom. The van der Waals surface area contributed by atoms with Crippen LogP contribution < -0.4 is 0 Å². The van der Waals surface area contributed by atoms with Crippen LogP contribution in [0.3, 0.4) is 0 Å². The molecule has 0 aromatic carbocycles. The average Bonchev–Trinajstić information content (AvgIpc) is 2.59. The third kappa shape index (κ3) is 1.27. The lowest BCUT2D eigenvalue weighted by Crippen LogP contribution is -2.35. The minimum Gasteiger partial charge on any atom is -0.396 e. The van der Waals surface area contributed by atoms with Crippen molar-refractivity contribution < 1.29 is 18.3 Å². The topological polar surface area (TPSA) is 20.2 Å². The minimum atomic E-state index is -4.16. The summed E-state index contributed by atoms with van der Waals surface area (Å²) >= 11 is 0. The van der Waals surface area contributed by atoms with Gasteiger partial charge in [0.2, 0.25) is 0 Å². The van der Waals surface area contributed by atoms with E-state index in [1.807, 2.05) is 6.08 Å². The van der Waals surface area contributed by atoms with Crippen LogP contribution in [0.25, 0.3) is 0 Å². The summed E-state index contributed by atoms with van der Waals surface area (Å²) < 4.78 is 37.5. The van der Waals surface area contributed by atoms with Gasteiger partial charge in [-0.15, -0.1) is 0 Å². The van der Waals surface area contributed by atoms with Crippen LogP contribution in [-0.2, 0) is 0 Å². The molecule has 1 N–H and O–H groups in total. The van der Waals surface area contributed by atoms with Crippen LogP contribution in [0.2, 0.25) is 0 Å². The Hall–Kier alpha value is -0.510. The molecule has 4 heteroatoms. The van der Waals surface area contributed by atoms with Gasteiger partial charge in [0, 0.05) is 12.5 Å². The van der Waals surface area contributed by atoms with E-state index in [1.165, 1.54) is 0 Å². The number of hydrogen-bond acceptors (Lipinski definition) is 1. The van der Waals surface area contributed by atoms with E-state index in [0.717, 1.165) is 0 Å². The number of alkyl halides is 3. The molecule has 0 amide bonds. The van der Waals surface area contributed by atoms with Gasteiger partial charge in [0.25, 0.3) is 0 Å². The zero-order valence-corrected chi connectivity index (χ0v) is 6.96. The fraction of sp³-hybridized carbons (Fsp3) is 0.778. The van der Waals surface area contributed by atoms with E-state index in [9.17, 15) is 13.2 Å². The molecule has 0 aromatic heterocycles. The number of allylic oxidation sites excluding steroid dienone is 2. The van der Waals surface area contributed by atoms with Crippen LogP contribution in [0.1, 0.15) is 6.42 Å². The molecule has 4 atom stereocenters. The van der Waals surface area contributed by atoms with Gasteiger partial charge in [-0.05, 0) is 18.3 Å². The summed E-state index contributed by atoms with van der Waals surface area (Å²) in [5, 5.41) is 8.89. The quantitative estimate of drug-likeness (QED) is 0.630. The van der Waals surface area contributed by atoms with E-state index in [2.05, 4.69) is 0 Å². The smallest absolute Gasteiger partial charge is 0.392 e. The van der Waals surface area contributed by atoms with E-state index >= 15 is 0 Å².